The first kappa shape index (κ1) is 13.3. The molecule has 8 heteroatoms. The molecule has 1 aromatic heterocycles. The Hall–Kier alpha value is -2.09. The van der Waals surface area contributed by atoms with Gasteiger partial charge in [0.15, 0.2) is 0 Å². The van der Waals surface area contributed by atoms with Crippen molar-refractivity contribution in [3.05, 3.63) is 12.4 Å². The van der Waals surface area contributed by atoms with Gasteiger partial charge in [0.1, 0.15) is 6.04 Å². The van der Waals surface area contributed by atoms with Crippen LogP contribution in [-0.4, -0.2) is 55.6 Å². The van der Waals surface area contributed by atoms with Gasteiger partial charge in [0, 0.05) is 25.7 Å². The van der Waals surface area contributed by atoms with Crippen LogP contribution >= 0.6 is 0 Å². The van der Waals surface area contributed by atoms with E-state index in [2.05, 4.69) is 10.4 Å². The fourth-order valence-electron chi connectivity index (χ4n) is 2.07. The number of aromatic nitrogens is 2. The number of carbonyl (C=O) groups is 2. The molecule has 2 amide bonds. The van der Waals surface area contributed by atoms with Gasteiger partial charge in [0.05, 0.1) is 18.0 Å². The van der Waals surface area contributed by atoms with Gasteiger partial charge in [0.25, 0.3) is 0 Å². The van der Waals surface area contributed by atoms with Crippen LogP contribution in [0.2, 0.25) is 0 Å². The molecule has 0 saturated carbocycles. The topological polar surface area (TPSA) is 108 Å². The molecule has 19 heavy (non-hydrogen) atoms. The molecule has 104 valence electrons. The van der Waals surface area contributed by atoms with Crippen molar-refractivity contribution in [3.63, 3.8) is 0 Å². The van der Waals surface area contributed by atoms with Crippen molar-refractivity contribution in [2.45, 2.75) is 32.0 Å². The van der Waals surface area contributed by atoms with Crippen LogP contribution in [0, 0.1) is 0 Å². The summed E-state index contributed by atoms with van der Waals surface area (Å²) in [6.07, 6.45) is 2.39. The predicted molar refractivity (Wildman–Crippen MR) is 65.7 cm³/mol. The van der Waals surface area contributed by atoms with Gasteiger partial charge in [-0.3, -0.25) is 4.68 Å². The molecule has 0 aromatic carbocycles. The fourth-order valence-corrected chi connectivity index (χ4v) is 2.07. The van der Waals surface area contributed by atoms with Crippen LogP contribution in [0.5, 0.6) is 0 Å². The second-order valence-corrected chi connectivity index (χ2v) is 4.41. The van der Waals surface area contributed by atoms with Crippen LogP contribution in [0.1, 0.15) is 13.3 Å². The smallest absolute Gasteiger partial charge is 0.326 e. The number of aliphatic hydroxyl groups excluding tert-OH is 1. The second kappa shape index (κ2) is 5.27. The summed E-state index contributed by atoms with van der Waals surface area (Å²) in [5.74, 6) is -1.11. The SMILES string of the molecule is CCn1cc(NC(=O)N2C[C@H](O)C[C@H]2C(=O)O)cn1. The summed E-state index contributed by atoms with van der Waals surface area (Å²) in [6, 6.07) is -1.53. The van der Waals surface area contributed by atoms with Crippen LogP contribution in [0.15, 0.2) is 12.4 Å². The van der Waals surface area contributed by atoms with Crippen molar-refractivity contribution in [2.75, 3.05) is 11.9 Å². The normalized spacial score (nSPS) is 22.5. The summed E-state index contributed by atoms with van der Waals surface area (Å²) < 4.78 is 1.64. The Morgan fingerprint density at radius 3 is 2.89 bits per heavy atom. The molecule has 0 spiro atoms. The van der Waals surface area contributed by atoms with Gasteiger partial charge in [-0.25, -0.2) is 9.59 Å². The van der Waals surface area contributed by atoms with Gasteiger partial charge in [-0.15, -0.1) is 0 Å². The summed E-state index contributed by atoms with van der Waals surface area (Å²) in [5, 5.41) is 25.1. The molecule has 1 aliphatic rings. The highest BCUT2D eigenvalue weighted by atomic mass is 16.4. The van der Waals surface area contributed by atoms with E-state index >= 15 is 0 Å². The number of nitrogens with one attached hydrogen (secondary N) is 1. The quantitative estimate of drug-likeness (QED) is 0.712. The van der Waals surface area contributed by atoms with E-state index in [9.17, 15) is 14.7 Å². The molecule has 0 bridgehead atoms. The van der Waals surface area contributed by atoms with Gasteiger partial charge >= 0.3 is 12.0 Å². The molecule has 0 aliphatic carbocycles. The van der Waals surface area contributed by atoms with Gasteiger partial charge in [-0.1, -0.05) is 0 Å². The van der Waals surface area contributed by atoms with Crippen LogP contribution in [0.25, 0.3) is 0 Å². The summed E-state index contributed by atoms with van der Waals surface area (Å²) in [5.41, 5.74) is 0.498. The van der Waals surface area contributed by atoms with Gasteiger partial charge in [-0.05, 0) is 6.92 Å². The molecular weight excluding hydrogens is 252 g/mol. The maximum absolute atomic E-state index is 12.0. The van der Waals surface area contributed by atoms with E-state index in [1.807, 2.05) is 6.92 Å². The molecular formula is C11H16N4O4. The van der Waals surface area contributed by atoms with E-state index < -0.39 is 24.1 Å². The molecule has 2 heterocycles. The zero-order valence-corrected chi connectivity index (χ0v) is 10.5. The van der Waals surface area contributed by atoms with Crippen LogP contribution in [0.3, 0.4) is 0 Å². The number of hydrogen-bond acceptors (Lipinski definition) is 4. The lowest BCUT2D eigenvalue weighted by molar-refractivity contribution is -0.141. The van der Waals surface area contributed by atoms with Crippen molar-refractivity contribution < 1.29 is 19.8 Å². The largest absolute Gasteiger partial charge is 0.480 e. The Kier molecular flexibility index (Phi) is 3.70. The zero-order valence-electron chi connectivity index (χ0n) is 10.5. The minimum atomic E-state index is -1.11. The number of nitrogens with zero attached hydrogens (tertiary/aromatic N) is 3. The van der Waals surface area contributed by atoms with E-state index in [4.69, 9.17) is 5.11 Å². The number of likely N-dealkylation sites (tertiary alicyclic amines) is 1. The third-order valence-electron chi connectivity index (χ3n) is 3.03. The van der Waals surface area contributed by atoms with Gasteiger partial charge < -0.3 is 20.4 Å². The Morgan fingerprint density at radius 1 is 1.58 bits per heavy atom. The highest BCUT2D eigenvalue weighted by Crippen LogP contribution is 2.19. The highest BCUT2D eigenvalue weighted by molar-refractivity contribution is 5.92. The Bertz CT molecular complexity index is 487. The number of carboxylic acids is 1. The molecule has 0 radical (unpaired) electrons. The zero-order chi connectivity index (χ0) is 14.0. The lowest BCUT2D eigenvalue weighted by Gasteiger charge is -2.20. The maximum Gasteiger partial charge on any atom is 0.326 e. The van der Waals surface area contributed by atoms with Crippen LogP contribution in [0.4, 0.5) is 10.5 Å². The third-order valence-corrected chi connectivity index (χ3v) is 3.03. The minimum absolute atomic E-state index is 0.0186. The van der Waals surface area contributed by atoms with Gasteiger partial charge in [-0.2, -0.15) is 5.10 Å². The van der Waals surface area contributed by atoms with E-state index in [1.54, 1.807) is 10.9 Å². The Morgan fingerprint density at radius 2 is 2.32 bits per heavy atom. The average molecular weight is 268 g/mol. The molecule has 3 N–H and O–H groups in total. The predicted octanol–water partition coefficient (Wildman–Crippen LogP) is -0.0453. The van der Waals surface area contributed by atoms with Crippen LogP contribution < -0.4 is 5.32 Å². The monoisotopic (exact) mass is 268 g/mol. The maximum atomic E-state index is 12.0. The number of urea groups is 1. The first-order valence-electron chi connectivity index (χ1n) is 6.02. The van der Waals surface area contributed by atoms with Crippen molar-refractivity contribution in [2.24, 2.45) is 0 Å². The van der Waals surface area contributed by atoms with E-state index in [1.165, 1.54) is 6.20 Å². The van der Waals surface area contributed by atoms with Crippen molar-refractivity contribution >= 4 is 17.7 Å². The molecule has 2 rings (SSSR count). The van der Waals surface area contributed by atoms with Gasteiger partial charge in [0.2, 0.25) is 0 Å². The highest BCUT2D eigenvalue weighted by Gasteiger charge is 2.39. The number of amides is 2. The lowest BCUT2D eigenvalue weighted by Crippen LogP contribution is -2.43. The van der Waals surface area contributed by atoms with Crippen molar-refractivity contribution in [3.8, 4) is 0 Å². The molecule has 1 saturated heterocycles. The summed E-state index contributed by atoms with van der Waals surface area (Å²) in [6.45, 7) is 2.61. The number of aryl methyl sites for hydroxylation is 1. The third kappa shape index (κ3) is 2.84. The first-order chi connectivity index (χ1) is 9.01. The van der Waals surface area contributed by atoms with Crippen molar-refractivity contribution in [1.82, 2.24) is 14.7 Å². The fraction of sp³-hybridized carbons (Fsp3) is 0.545. The number of rotatable bonds is 3. The van der Waals surface area contributed by atoms with E-state index in [0.29, 0.717) is 12.2 Å². The van der Waals surface area contributed by atoms with E-state index in [-0.39, 0.29) is 13.0 Å². The first-order valence-corrected chi connectivity index (χ1v) is 6.02. The lowest BCUT2D eigenvalue weighted by atomic mass is 10.2. The standard InChI is InChI=1S/C11H16N4O4/c1-2-14-5-7(4-12-14)13-11(19)15-6-8(16)3-9(15)10(17)18/h4-5,8-9,16H,2-3,6H2,1H3,(H,13,19)(H,17,18)/t8-,9+/m1/s1. The number of β-amino-alcohol motifs (C(OH)–C–C–N with tert-alkyl or cyclic N) is 1. The Balaban J connectivity index is 2.04. The van der Waals surface area contributed by atoms with E-state index in [0.717, 1.165) is 4.90 Å². The number of carbonyl (C=O) groups excluding carboxylic acids is 1. The summed E-state index contributed by atoms with van der Waals surface area (Å²) in [7, 11) is 0. The molecule has 2 atom stereocenters. The number of aliphatic carboxylic acids is 1. The molecule has 1 aromatic rings. The summed E-state index contributed by atoms with van der Waals surface area (Å²) in [4.78, 5) is 24.1. The molecule has 1 fully saturated rings. The minimum Gasteiger partial charge on any atom is -0.480 e. The number of hydrogen-bond donors (Lipinski definition) is 3. The summed E-state index contributed by atoms with van der Waals surface area (Å²) >= 11 is 0. The van der Waals surface area contributed by atoms with Crippen molar-refractivity contribution in [1.29, 1.82) is 0 Å². The molecule has 1 aliphatic heterocycles. The Labute approximate surface area is 109 Å². The number of carboxylic acid groups (broad SMARTS) is 1. The average Bonchev–Trinajstić information content (AvgIpc) is 2.95. The van der Waals surface area contributed by atoms with Crippen LogP contribution in [-0.2, 0) is 11.3 Å². The second-order valence-electron chi connectivity index (χ2n) is 4.41. The molecule has 8 nitrogen and oxygen atoms in total. The number of anilines is 1. The molecule has 0 unspecified atom stereocenters. The number of aliphatic hydroxyl groups is 1.